The molecule has 1 amide bonds. The highest BCUT2D eigenvalue weighted by Gasteiger charge is 2.12. The van der Waals surface area contributed by atoms with Gasteiger partial charge in [0.05, 0.1) is 16.9 Å². The molecule has 3 aromatic rings. The second-order valence-electron chi connectivity index (χ2n) is 7.35. The van der Waals surface area contributed by atoms with Crippen molar-refractivity contribution in [3.05, 3.63) is 68.2 Å². The molecule has 1 aromatic heterocycles. The van der Waals surface area contributed by atoms with Crippen LogP contribution in [0.4, 0.5) is 5.69 Å². The molecule has 10 nitrogen and oxygen atoms in total. The fourth-order valence-corrected chi connectivity index (χ4v) is 4.58. The molecule has 1 heterocycles. The summed E-state index contributed by atoms with van der Waals surface area (Å²) in [5, 5.41) is 23.8. The van der Waals surface area contributed by atoms with Gasteiger partial charge in [-0.2, -0.15) is 5.10 Å². The Bertz CT molecular complexity index is 1210. The summed E-state index contributed by atoms with van der Waals surface area (Å²) in [6.45, 7) is 6.44. The van der Waals surface area contributed by atoms with E-state index < -0.39 is 4.92 Å². The Hall–Kier alpha value is -3.51. The predicted molar refractivity (Wildman–Crippen MR) is 136 cm³/mol. The summed E-state index contributed by atoms with van der Waals surface area (Å²) in [6.07, 6.45) is 2.23. The zero-order valence-electron chi connectivity index (χ0n) is 19.5. The molecule has 0 aliphatic rings. The number of nitrogens with one attached hydrogen (secondary N) is 1. The number of aromatic nitrogens is 2. The summed E-state index contributed by atoms with van der Waals surface area (Å²) < 4.78 is 12.3. The monoisotopic (exact) mass is 515 g/mol. The Balaban J connectivity index is 1.57. The second kappa shape index (κ2) is 12.8. The number of non-ortho nitro benzene ring substituents is 1. The molecule has 0 spiro atoms. The third-order valence-corrected chi connectivity index (χ3v) is 6.53. The smallest absolute Gasteiger partial charge is 0.270 e. The number of hydrazone groups is 1. The predicted octanol–water partition coefficient (Wildman–Crippen LogP) is 4.33. The number of aryl methyl sites for hydroxylation is 3. The number of rotatable bonds is 12. The summed E-state index contributed by atoms with van der Waals surface area (Å²) in [7, 11) is 0. The molecule has 0 aliphatic heterocycles. The highest BCUT2D eigenvalue weighted by atomic mass is 32.2. The van der Waals surface area contributed by atoms with E-state index in [1.54, 1.807) is 0 Å². The molecule has 0 aliphatic carbocycles. The van der Waals surface area contributed by atoms with Gasteiger partial charge in [-0.25, -0.2) is 5.43 Å². The zero-order chi connectivity index (χ0) is 25.2. The van der Waals surface area contributed by atoms with Crippen molar-refractivity contribution < 1.29 is 19.2 Å². The molecule has 184 valence electrons. The molecule has 0 atom stereocenters. The van der Waals surface area contributed by atoms with Crippen molar-refractivity contribution in [2.75, 3.05) is 19.0 Å². The minimum Gasteiger partial charge on any atom is -0.490 e. The molecule has 0 saturated carbocycles. The molecule has 0 radical (unpaired) electrons. The van der Waals surface area contributed by atoms with Crippen LogP contribution in [0.3, 0.4) is 0 Å². The number of thioether (sulfide) groups is 1. The lowest BCUT2D eigenvalue weighted by atomic mass is 10.1. The number of carbonyl (C=O) groups excluding carboxylic acids is 1. The van der Waals surface area contributed by atoms with Crippen LogP contribution in [0.2, 0.25) is 0 Å². The average molecular weight is 516 g/mol. The molecule has 1 N–H and O–H groups in total. The SMILES string of the molecule is CCc1cc(C)cc(OCCOc2ccc([N+](=O)[O-])cc2/C=N\NC(=O)CSc2nnc(C)s2)c1. The van der Waals surface area contributed by atoms with Crippen LogP contribution >= 0.6 is 23.1 Å². The van der Waals surface area contributed by atoms with E-state index in [4.69, 9.17) is 9.47 Å². The van der Waals surface area contributed by atoms with Crippen molar-refractivity contribution in [2.45, 2.75) is 31.5 Å². The number of nitro benzene ring substituents is 1. The molecular weight excluding hydrogens is 490 g/mol. The van der Waals surface area contributed by atoms with Crippen LogP contribution in [-0.4, -0.2) is 46.2 Å². The first-order chi connectivity index (χ1) is 16.8. The van der Waals surface area contributed by atoms with Gasteiger partial charge in [0.25, 0.3) is 11.6 Å². The van der Waals surface area contributed by atoms with Crippen molar-refractivity contribution >= 4 is 40.9 Å². The fraction of sp³-hybridized carbons (Fsp3) is 0.304. The minimum atomic E-state index is -0.507. The van der Waals surface area contributed by atoms with E-state index in [1.165, 1.54) is 53.1 Å². The van der Waals surface area contributed by atoms with E-state index in [9.17, 15) is 14.9 Å². The molecule has 35 heavy (non-hydrogen) atoms. The fourth-order valence-electron chi connectivity index (χ4n) is 2.98. The van der Waals surface area contributed by atoms with Crippen molar-refractivity contribution in [1.29, 1.82) is 0 Å². The van der Waals surface area contributed by atoms with Crippen molar-refractivity contribution in [3.8, 4) is 11.5 Å². The number of amides is 1. The molecule has 0 unspecified atom stereocenters. The van der Waals surface area contributed by atoms with Crippen LogP contribution in [0.5, 0.6) is 11.5 Å². The van der Waals surface area contributed by atoms with Crippen LogP contribution in [0.1, 0.15) is 28.6 Å². The second-order valence-corrected chi connectivity index (χ2v) is 9.76. The van der Waals surface area contributed by atoms with Crippen LogP contribution in [0, 0.1) is 24.0 Å². The van der Waals surface area contributed by atoms with Crippen molar-refractivity contribution in [3.63, 3.8) is 0 Å². The standard InChI is InChI=1S/C23H25N5O5S2/c1-4-17-9-15(2)10-20(11-17)32-7-8-33-21-6-5-19(28(30)31)12-18(21)13-24-26-22(29)14-34-23-27-25-16(3)35-23/h5-6,9-13H,4,7-8,14H2,1-3H3,(H,26,29)/b24-13-. The number of ether oxygens (including phenoxy) is 2. The number of nitro groups is 1. The molecular formula is C23H25N5O5S2. The Morgan fingerprint density at radius 2 is 2.00 bits per heavy atom. The number of benzene rings is 2. The third-order valence-electron chi connectivity index (χ3n) is 4.56. The summed E-state index contributed by atoms with van der Waals surface area (Å²) in [6, 6.07) is 10.2. The lowest BCUT2D eigenvalue weighted by Crippen LogP contribution is -2.19. The molecule has 3 rings (SSSR count). The van der Waals surface area contributed by atoms with Gasteiger partial charge in [-0.3, -0.25) is 14.9 Å². The first kappa shape index (κ1) is 26.1. The van der Waals surface area contributed by atoms with Crippen molar-refractivity contribution in [2.24, 2.45) is 5.10 Å². The van der Waals surface area contributed by atoms with Gasteiger partial charge in [-0.15, -0.1) is 10.2 Å². The van der Waals surface area contributed by atoms with Gasteiger partial charge in [0, 0.05) is 17.7 Å². The maximum atomic E-state index is 12.0. The Morgan fingerprint density at radius 1 is 1.20 bits per heavy atom. The highest BCUT2D eigenvalue weighted by Crippen LogP contribution is 2.24. The summed E-state index contributed by atoms with van der Waals surface area (Å²) in [5.74, 6) is 0.917. The zero-order valence-corrected chi connectivity index (χ0v) is 21.1. The topological polar surface area (TPSA) is 129 Å². The highest BCUT2D eigenvalue weighted by molar-refractivity contribution is 8.01. The number of hydrogen-bond acceptors (Lipinski definition) is 10. The van der Waals surface area contributed by atoms with Crippen LogP contribution in [-0.2, 0) is 11.2 Å². The van der Waals surface area contributed by atoms with Crippen molar-refractivity contribution in [1.82, 2.24) is 15.6 Å². The molecule has 0 saturated heterocycles. The quantitative estimate of drug-likeness (QED) is 0.124. The van der Waals surface area contributed by atoms with E-state index in [0.29, 0.717) is 22.3 Å². The first-order valence-electron chi connectivity index (χ1n) is 10.7. The molecule has 2 aromatic carbocycles. The summed E-state index contributed by atoms with van der Waals surface area (Å²) >= 11 is 2.65. The maximum Gasteiger partial charge on any atom is 0.270 e. The maximum absolute atomic E-state index is 12.0. The minimum absolute atomic E-state index is 0.111. The number of hydrogen-bond donors (Lipinski definition) is 1. The van der Waals surface area contributed by atoms with Gasteiger partial charge in [0.15, 0.2) is 4.34 Å². The largest absolute Gasteiger partial charge is 0.490 e. The van der Waals surface area contributed by atoms with Crippen LogP contribution in [0.25, 0.3) is 0 Å². The lowest BCUT2D eigenvalue weighted by molar-refractivity contribution is -0.384. The van der Waals surface area contributed by atoms with E-state index in [2.05, 4.69) is 33.7 Å². The van der Waals surface area contributed by atoms with Crippen LogP contribution in [0.15, 0.2) is 45.8 Å². The molecule has 0 bridgehead atoms. The van der Waals surface area contributed by atoms with Gasteiger partial charge in [0.2, 0.25) is 0 Å². The third kappa shape index (κ3) is 8.34. The van der Waals surface area contributed by atoms with Gasteiger partial charge < -0.3 is 9.47 Å². The van der Waals surface area contributed by atoms with Gasteiger partial charge in [-0.1, -0.05) is 36.1 Å². The van der Waals surface area contributed by atoms with E-state index in [0.717, 1.165) is 22.7 Å². The normalized spacial score (nSPS) is 10.9. The van der Waals surface area contributed by atoms with E-state index >= 15 is 0 Å². The summed E-state index contributed by atoms with van der Waals surface area (Å²) in [5.41, 5.74) is 4.95. The average Bonchev–Trinajstić information content (AvgIpc) is 3.25. The summed E-state index contributed by atoms with van der Waals surface area (Å²) in [4.78, 5) is 22.7. The van der Waals surface area contributed by atoms with Gasteiger partial charge in [-0.05, 0) is 49.6 Å². The Morgan fingerprint density at radius 3 is 2.71 bits per heavy atom. The Kier molecular flexibility index (Phi) is 9.56. The first-order valence-corrected chi connectivity index (χ1v) is 12.5. The van der Waals surface area contributed by atoms with Crippen LogP contribution < -0.4 is 14.9 Å². The van der Waals surface area contributed by atoms with Gasteiger partial charge >= 0.3 is 0 Å². The van der Waals surface area contributed by atoms with Gasteiger partial charge in [0.1, 0.15) is 29.7 Å². The molecule has 12 heteroatoms. The lowest BCUT2D eigenvalue weighted by Gasteiger charge is -2.11. The Labute approximate surface area is 210 Å². The number of nitrogens with zero attached hydrogens (tertiary/aromatic N) is 4. The number of carbonyl (C=O) groups is 1. The van der Waals surface area contributed by atoms with E-state index in [-0.39, 0.29) is 24.0 Å². The molecule has 0 fully saturated rings. The van der Waals surface area contributed by atoms with E-state index in [1.807, 2.05) is 26.0 Å².